The second kappa shape index (κ2) is 3.98. The lowest BCUT2D eigenvalue weighted by Crippen LogP contribution is -1.99. The zero-order valence-electron chi connectivity index (χ0n) is 7.86. The van der Waals surface area contributed by atoms with Gasteiger partial charge in [0, 0.05) is 4.70 Å². The van der Waals surface area contributed by atoms with Crippen molar-refractivity contribution in [3.05, 3.63) is 29.1 Å². The predicted octanol–water partition coefficient (Wildman–Crippen LogP) is 2.50. The summed E-state index contributed by atoms with van der Waals surface area (Å²) in [6, 6.07) is 5.52. The van der Waals surface area contributed by atoms with E-state index in [1.165, 1.54) is 15.6 Å². The molecule has 3 N–H and O–H groups in total. The Hall–Kier alpha value is -1.06. The van der Waals surface area contributed by atoms with Gasteiger partial charge in [0.2, 0.25) is 0 Å². The summed E-state index contributed by atoms with van der Waals surface area (Å²) in [5, 5.41) is 12.7. The Morgan fingerprint density at radius 1 is 1.36 bits per heavy atom. The predicted molar refractivity (Wildman–Crippen MR) is 60.9 cm³/mol. The number of rotatable bonds is 3. The first-order valence-corrected chi connectivity index (χ1v) is 5.58. The number of hydrogen-bond donors (Lipinski definition) is 2. The molecule has 1 aromatic heterocycles. The van der Waals surface area contributed by atoms with E-state index in [1.807, 2.05) is 12.1 Å². The first-order chi connectivity index (χ1) is 6.81. The third-order valence-electron chi connectivity index (χ3n) is 2.29. The molecule has 0 amide bonds. The van der Waals surface area contributed by atoms with E-state index >= 15 is 0 Å². The van der Waals surface area contributed by atoms with Crippen LogP contribution in [-0.4, -0.2) is 11.7 Å². The minimum absolute atomic E-state index is 0.338. The molecule has 0 radical (unpaired) electrons. The highest BCUT2D eigenvalue weighted by atomic mass is 32.1. The van der Waals surface area contributed by atoms with Gasteiger partial charge in [-0.1, -0.05) is 0 Å². The van der Waals surface area contributed by atoms with E-state index in [9.17, 15) is 5.11 Å². The maximum Gasteiger partial charge on any atom is 0.116 e. The number of phenolic OH excluding ortho intramolecular Hbond substituents is 1. The van der Waals surface area contributed by atoms with E-state index in [1.54, 1.807) is 17.4 Å². The lowest BCUT2D eigenvalue weighted by molar-refractivity contribution is 0.476. The van der Waals surface area contributed by atoms with Gasteiger partial charge in [-0.15, -0.1) is 11.3 Å². The highest BCUT2D eigenvalue weighted by Gasteiger charge is 2.03. The molecule has 14 heavy (non-hydrogen) atoms. The number of nitrogens with two attached hydrogens (primary N) is 1. The molecule has 0 unspecified atom stereocenters. The van der Waals surface area contributed by atoms with Gasteiger partial charge in [0.1, 0.15) is 5.75 Å². The Morgan fingerprint density at radius 2 is 2.21 bits per heavy atom. The standard InChI is InChI=1S/C11H13NOS/c12-5-1-2-8-7-14-11-4-3-9(13)6-10(8)11/h3-4,6-7,13H,1-2,5,12H2. The van der Waals surface area contributed by atoms with Crippen molar-refractivity contribution in [2.24, 2.45) is 5.73 Å². The van der Waals surface area contributed by atoms with E-state index in [-0.39, 0.29) is 0 Å². The second-order valence-electron chi connectivity index (χ2n) is 3.33. The van der Waals surface area contributed by atoms with Crippen LogP contribution in [0.15, 0.2) is 23.6 Å². The Labute approximate surface area is 87.0 Å². The first kappa shape index (κ1) is 9.49. The summed E-state index contributed by atoms with van der Waals surface area (Å²) in [6.07, 6.45) is 2.00. The number of aryl methyl sites for hydroxylation is 1. The van der Waals surface area contributed by atoms with Crippen molar-refractivity contribution in [1.29, 1.82) is 0 Å². The molecule has 0 saturated carbocycles. The number of phenols is 1. The smallest absolute Gasteiger partial charge is 0.116 e. The van der Waals surface area contributed by atoms with E-state index in [2.05, 4.69) is 5.38 Å². The number of benzene rings is 1. The molecule has 0 bridgehead atoms. The fourth-order valence-corrected chi connectivity index (χ4v) is 2.53. The van der Waals surface area contributed by atoms with Crippen molar-refractivity contribution < 1.29 is 5.11 Å². The largest absolute Gasteiger partial charge is 0.508 e. The molecule has 0 aliphatic rings. The molecule has 2 nitrogen and oxygen atoms in total. The van der Waals surface area contributed by atoms with Gasteiger partial charge in [-0.05, 0) is 53.9 Å². The van der Waals surface area contributed by atoms with Gasteiger partial charge in [-0.2, -0.15) is 0 Å². The fourth-order valence-electron chi connectivity index (χ4n) is 1.56. The minimum Gasteiger partial charge on any atom is -0.508 e. The summed E-state index contributed by atoms with van der Waals surface area (Å²) < 4.78 is 1.23. The number of fused-ring (bicyclic) bond motifs is 1. The minimum atomic E-state index is 0.338. The van der Waals surface area contributed by atoms with Crippen LogP contribution < -0.4 is 5.73 Å². The van der Waals surface area contributed by atoms with E-state index in [4.69, 9.17) is 5.73 Å². The van der Waals surface area contributed by atoms with Crippen molar-refractivity contribution in [3.63, 3.8) is 0 Å². The Bertz CT molecular complexity index is 436. The molecule has 0 aliphatic carbocycles. The quantitative estimate of drug-likeness (QED) is 0.812. The van der Waals surface area contributed by atoms with Crippen molar-refractivity contribution in [2.45, 2.75) is 12.8 Å². The normalized spacial score (nSPS) is 10.9. The zero-order valence-corrected chi connectivity index (χ0v) is 8.68. The Morgan fingerprint density at radius 3 is 3.00 bits per heavy atom. The average molecular weight is 207 g/mol. The molecule has 2 rings (SSSR count). The van der Waals surface area contributed by atoms with Gasteiger partial charge in [0.25, 0.3) is 0 Å². The SMILES string of the molecule is NCCCc1csc2ccc(O)cc12. The molecule has 0 saturated heterocycles. The molecule has 0 atom stereocenters. The molecule has 3 heteroatoms. The molecular weight excluding hydrogens is 194 g/mol. The summed E-state index contributed by atoms with van der Waals surface area (Å²) in [5.74, 6) is 0.338. The average Bonchev–Trinajstić information content (AvgIpc) is 2.57. The third-order valence-corrected chi connectivity index (χ3v) is 3.30. The lowest BCUT2D eigenvalue weighted by Gasteiger charge is -1.98. The van der Waals surface area contributed by atoms with Gasteiger partial charge in [-0.25, -0.2) is 0 Å². The molecule has 1 aromatic carbocycles. The molecule has 0 aliphatic heterocycles. The van der Waals surface area contributed by atoms with Crippen molar-refractivity contribution in [1.82, 2.24) is 0 Å². The van der Waals surface area contributed by atoms with Crippen LogP contribution >= 0.6 is 11.3 Å². The topological polar surface area (TPSA) is 46.2 Å². The van der Waals surface area contributed by atoms with E-state index < -0.39 is 0 Å². The van der Waals surface area contributed by atoms with Crippen molar-refractivity contribution in [2.75, 3.05) is 6.54 Å². The van der Waals surface area contributed by atoms with Crippen molar-refractivity contribution in [3.8, 4) is 5.75 Å². The summed E-state index contributed by atoms with van der Waals surface area (Å²) in [4.78, 5) is 0. The number of thiophene rings is 1. The van der Waals surface area contributed by atoms with Crippen LogP contribution in [0.4, 0.5) is 0 Å². The van der Waals surface area contributed by atoms with Gasteiger partial charge in [0.05, 0.1) is 0 Å². The van der Waals surface area contributed by atoms with Crippen LogP contribution in [0.25, 0.3) is 10.1 Å². The highest BCUT2D eigenvalue weighted by Crippen LogP contribution is 2.29. The first-order valence-electron chi connectivity index (χ1n) is 4.70. The molecule has 0 fully saturated rings. The molecule has 1 heterocycles. The number of aromatic hydroxyl groups is 1. The molecular formula is C11H13NOS. The Balaban J connectivity index is 2.40. The Kier molecular flexibility index (Phi) is 2.70. The van der Waals surface area contributed by atoms with Crippen LogP contribution in [0, 0.1) is 0 Å². The second-order valence-corrected chi connectivity index (χ2v) is 4.24. The molecule has 2 aromatic rings. The zero-order chi connectivity index (χ0) is 9.97. The monoisotopic (exact) mass is 207 g/mol. The maximum atomic E-state index is 9.38. The molecule has 0 spiro atoms. The van der Waals surface area contributed by atoms with Crippen LogP contribution in [0.2, 0.25) is 0 Å². The summed E-state index contributed by atoms with van der Waals surface area (Å²) in [5.41, 5.74) is 6.77. The number of hydrogen-bond acceptors (Lipinski definition) is 3. The van der Waals surface area contributed by atoms with E-state index in [0.29, 0.717) is 5.75 Å². The van der Waals surface area contributed by atoms with Crippen LogP contribution in [0.5, 0.6) is 5.75 Å². The molecule has 74 valence electrons. The maximum absolute atomic E-state index is 9.38. The van der Waals surface area contributed by atoms with Gasteiger partial charge < -0.3 is 10.8 Å². The van der Waals surface area contributed by atoms with E-state index in [0.717, 1.165) is 19.4 Å². The van der Waals surface area contributed by atoms with Crippen LogP contribution in [0.3, 0.4) is 0 Å². The third kappa shape index (κ3) is 1.74. The fraction of sp³-hybridized carbons (Fsp3) is 0.273. The highest BCUT2D eigenvalue weighted by molar-refractivity contribution is 7.17. The summed E-state index contributed by atoms with van der Waals surface area (Å²) >= 11 is 1.72. The summed E-state index contributed by atoms with van der Waals surface area (Å²) in [7, 11) is 0. The summed E-state index contributed by atoms with van der Waals surface area (Å²) in [6.45, 7) is 0.718. The van der Waals surface area contributed by atoms with Gasteiger partial charge >= 0.3 is 0 Å². The van der Waals surface area contributed by atoms with Crippen molar-refractivity contribution >= 4 is 21.4 Å². The van der Waals surface area contributed by atoms with Crippen LogP contribution in [0.1, 0.15) is 12.0 Å². The van der Waals surface area contributed by atoms with Gasteiger partial charge in [-0.3, -0.25) is 0 Å². The van der Waals surface area contributed by atoms with Gasteiger partial charge in [0.15, 0.2) is 0 Å². The van der Waals surface area contributed by atoms with Crippen LogP contribution in [-0.2, 0) is 6.42 Å². The lowest BCUT2D eigenvalue weighted by atomic mass is 10.1.